The number of hydrogen-bond acceptors (Lipinski definition) is 7. The molecule has 2 saturated heterocycles. The highest BCUT2D eigenvalue weighted by molar-refractivity contribution is 6.29. The van der Waals surface area contributed by atoms with Crippen LogP contribution >= 0.6 is 11.6 Å². The second kappa shape index (κ2) is 9.80. The van der Waals surface area contributed by atoms with Crippen LogP contribution in [0.15, 0.2) is 48.8 Å². The number of amides is 1. The Bertz CT molecular complexity index is 1110. The van der Waals surface area contributed by atoms with E-state index in [9.17, 15) is 4.79 Å². The van der Waals surface area contributed by atoms with Gasteiger partial charge in [0.15, 0.2) is 5.82 Å². The summed E-state index contributed by atoms with van der Waals surface area (Å²) < 4.78 is 6.19. The number of rotatable bonds is 6. The summed E-state index contributed by atoms with van der Waals surface area (Å²) in [5, 5.41) is 12.3. The van der Waals surface area contributed by atoms with Gasteiger partial charge in [0.1, 0.15) is 11.3 Å². The first-order valence-electron chi connectivity index (χ1n) is 11.3. The number of halogens is 1. The van der Waals surface area contributed by atoms with Gasteiger partial charge in [-0.25, -0.2) is 4.98 Å². The fourth-order valence-corrected chi connectivity index (χ4v) is 4.48. The van der Waals surface area contributed by atoms with Gasteiger partial charge in [-0.3, -0.25) is 14.7 Å². The zero-order valence-corrected chi connectivity index (χ0v) is 18.9. The smallest absolute Gasteiger partial charge is 0.231 e. The molecule has 0 aliphatic carbocycles. The van der Waals surface area contributed by atoms with Gasteiger partial charge in [-0.1, -0.05) is 17.7 Å². The number of hydrogen-bond donors (Lipinski definition) is 1. The highest BCUT2D eigenvalue weighted by Gasteiger charge is 2.34. The first-order valence-corrected chi connectivity index (χ1v) is 11.6. The average Bonchev–Trinajstić information content (AvgIpc) is 3.22. The molecule has 0 radical (unpaired) electrons. The van der Waals surface area contributed by atoms with Gasteiger partial charge in [0.05, 0.1) is 5.69 Å². The fraction of sp³-hybridized carbons (Fsp3) is 0.375. The van der Waals surface area contributed by atoms with Crippen molar-refractivity contribution in [1.82, 2.24) is 25.5 Å². The zero-order chi connectivity index (χ0) is 22.6. The minimum absolute atomic E-state index is 0.0451. The van der Waals surface area contributed by atoms with E-state index >= 15 is 0 Å². The maximum Gasteiger partial charge on any atom is 0.231 e. The van der Waals surface area contributed by atoms with Crippen LogP contribution in [0.4, 0.5) is 5.82 Å². The average molecular weight is 465 g/mol. The van der Waals surface area contributed by atoms with Gasteiger partial charge in [0.2, 0.25) is 11.8 Å². The second-order valence-corrected chi connectivity index (χ2v) is 8.74. The van der Waals surface area contributed by atoms with Crippen molar-refractivity contribution in [3.63, 3.8) is 0 Å². The van der Waals surface area contributed by atoms with Crippen LogP contribution in [-0.2, 0) is 11.2 Å². The van der Waals surface area contributed by atoms with Crippen molar-refractivity contribution in [1.29, 1.82) is 0 Å². The van der Waals surface area contributed by atoms with Crippen molar-refractivity contribution < 1.29 is 9.53 Å². The number of carbonyl (C=O) groups excluding carboxylic acids is 1. The molecule has 170 valence electrons. The van der Waals surface area contributed by atoms with Crippen LogP contribution in [0, 0.1) is 5.92 Å². The molecule has 0 aromatic carbocycles. The number of aromatic nitrogens is 4. The molecule has 1 amide bonds. The van der Waals surface area contributed by atoms with Crippen molar-refractivity contribution in [2.24, 2.45) is 5.92 Å². The van der Waals surface area contributed by atoms with Gasteiger partial charge in [-0.2, -0.15) is 0 Å². The van der Waals surface area contributed by atoms with Gasteiger partial charge in [-0.05, 0) is 69.1 Å². The first-order chi connectivity index (χ1) is 16.2. The molecule has 0 saturated carbocycles. The molecule has 3 aromatic heterocycles. The maximum atomic E-state index is 13.2. The number of ether oxygens (including phenoxy) is 1. The number of piperidine rings is 1. The molecule has 2 aliphatic heterocycles. The molecule has 9 heteroatoms. The topological polar surface area (TPSA) is 93.1 Å². The molecule has 2 fully saturated rings. The number of anilines is 1. The maximum absolute atomic E-state index is 13.2. The molecule has 0 spiro atoms. The van der Waals surface area contributed by atoms with Crippen LogP contribution in [0.1, 0.15) is 24.8 Å². The van der Waals surface area contributed by atoms with E-state index in [1.165, 1.54) is 0 Å². The summed E-state index contributed by atoms with van der Waals surface area (Å²) in [6.45, 7) is 2.47. The quantitative estimate of drug-likeness (QED) is 0.559. The predicted molar refractivity (Wildman–Crippen MR) is 125 cm³/mol. The lowest BCUT2D eigenvalue weighted by Crippen LogP contribution is -2.34. The van der Waals surface area contributed by atoms with Crippen molar-refractivity contribution in [3.05, 3.63) is 59.5 Å². The lowest BCUT2D eigenvalue weighted by atomic mass is 9.98. The molecular weight excluding hydrogens is 440 g/mol. The SMILES string of the molecule is O=C1[C@@H](Cc2ccc(Cl)nc2OC2CCNCC2)CCN1c1ccc(-c2ccncc2)nn1. The molecule has 33 heavy (non-hydrogen) atoms. The second-order valence-electron chi connectivity index (χ2n) is 8.36. The fourth-order valence-electron chi connectivity index (χ4n) is 4.34. The minimum atomic E-state index is -0.162. The van der Waals surface area contributed by atoms with E-state index < -0.39 is 0 Å². The number of pyridine rings is 2. The van der Waals surface area contributed by atoms with E-state index in [0.29, 0.717) is 29.8 Å². The Hall–Kier alpha value is -3.10. The van der Waals surface area contributed by atoms with Gasteiger partial charge in [0, 0.05) is 36.0 Å². The molecule has 0 bridgehead atoms. The van der Waals surface area contributed by atoms with Gasteiger partial charge >= 0.3 is 0 Å². The van der Waals surface area contributed by atoms with Crippen LogP contribution in [0.3, 0.4) is 0 Å². The summed E-state index contributed by atoms with van der Waals surface area (Å²) in [6.07, 6.45) is 6.70. The molecule has 3 aromatic rings. The van der Waals surface area contributed by atoms with Gasteiger partial charge in [0.25, 0.3) is 0 Å². The highest BCUT2D eigenvalue weighted by atomic mass is 35.5. The lowest BCUT2D eigenvalue weighted by Gasteiger charge is -2.24. The van der Waals surface area contributed by atoms with E-state index in [-0.39, 0.29) is 17.9 Å². The summed E-state index contributed by atoms with van der Waals surface area (Å²) in [5.74, 6) is 0.997. The molecule has 8 nitrogen and oxygen atoms in total. The molecular formula is C24H25ClN6O2. The monoisotopic (exact) mass is 464 g/mol. The standard InChI is InChI=1S/C24H25ClN6O2/c25-21-3-1-17(23(28-21)33-19-7-12-27-13-8-19)15-18-9-14-31(24(18)32)22-4-2-20(29-30-22)16-5-10-26-11-6-16/h1-6,10-11,18-19,27H,7-9,12-15H2/t18-/m1/s1. The Balaban J connectivity index is 1.28. The highest BCUT2D eigenvalue weighted by Crippen LogP contribution is 2.31. The van der Waals surface area contributed by atoms with Crippen molar-refractivity contribution in [3.8, 4) is 17.1 Å². The van der Waals surface area contributed by atoms with E-state index in [1.54, 1.807) is 23.4 Å². The Morgan fingerprint density at radius 1 is 1.03 bits per heavy atom. The third-order valence-electron chi connectivity index (χ3n) is 6.16. The van der Waals surface area contributed by atoms with Crippen molar-refractivity contribution in [2.45, 2.75) is 31.8 Å². The molecule has 1 atom stereocenters. The van der Waals surface area contributed by atoms with Crippen LogP contribution in [0.2, 0.25) is 5.15 Å². The number of nitrogens with zero attached hydrogens (tertiary/aromatic N) is 5. The Kier molecular flexibility index (Phi) is 6.46. The predicted octanol–water partition coefficient (Wildman–Crippen LogP) is 3.31. The molecule has 5 heterocycles. The minimum Gasteiger partial charge on any atom is -0.474 e. The van der Waals surface area contributed by atoms with E-state index in [0.717, 1.165) is 49.2 Å². The summed E-state index contributed by atoms with van der Waals surface area (Å²) in [4.78, 5) is 23.3. The zero-order valence-electron chi connectivity index (χ0n) is 18.2. The van der Waals surface area contributed by atoms with Crippen LogP contribution < -0.4 is 15.0 Å². The van der Waals surface area contributed by atoms with E-state index in [1.807, 2.05) is 30.3 Å². The van der Waals surface area contributed by atoms with Gasteiger partial charge < -0.3 is 10.1 Å². The Labute approximate surface area is 197 Å². The normalized spacial score (nSPS) is 19.1. The summed E-state index contributed by atoms with van der Waals surface area (Å²) in [5.41, 5.74) is 2.60. The van der Waals surface area contributed by atoms with Crippen LogP contribution in [0.5, 0.6) is 5.88 Å². The first kappa shape index (κ1) is 21.7. The van der Waals surface area contributed by atoms with Crippen molar-refractivity contribution >= 4 is 23.3 Å². The molecule has 0 unspecified atom stereocenters. The lowest BCUT2D eigenvalue weighted by molar-refractivity contribution is -0.120. The summed E-state index contributed by atoms with van der Waals surface area (Å²) >= 11 is 6.14. The third kappa shape index (κ3) is 4.96. The Morgan fingerprint density at radius 2 is 1.85 bits per heavy atom. The number of nitrogens with one attached hydrogen (secondary N) is 1. The van der Waals surface area contributed by atoms with Crippen molar-refractivity contribution in [2.75, 3.05) is 24.5 Å². The Morgan fingerprint density at radius 3 is 2.61 bits per heavy atom. The van der Waals surface area contributed by atoms with E-state index in [2.05, 4.69) is 25.5 Å². The third-order valence-corrected chi connectivity index (χ3v) is 6.37. The van der Waals surface area contributed by atoms with Crippen LogP contribution in [-0.4, -0.2) is 51.8 Å². The molecule has 5 rings (SSSR count). The molecule has 2 aliphatic rings. The summed E-state index contributed by atoms with van der Waals surface area (Å²) in [7, 11) is 0. The van der Waals surface area contributed by atoms with Gasteiger partial charge in [-0.15, -0.1) is 10.2 Å². The summed E-state index contributed by atoms with van der Waals surface area (Å²) in [6, 6.07) is 11.2. The van der Waals surface area contributed by atoms with E-state index in [4.69, 9.17) is 16.3 Å². The number of carbonyl (C=O) groups is 1. The molecule has 1 N–H and O–H groups in total. The van der Waals surface area contributed by atoms with Crippen LogP contribution in [0.25, 0.3) is 11.3 Å². The largest absolute Gasteiger partial charge is 0.474 e.